The third-order valence-electron chi connectivity index (χ3n) is 5.27. The molecule has 0 saturated carbocycles. The zero-order valence-electron chi connectivity index (χ0n) is 16.1. The molecule has 6 heteroatoms. The normalized spacial score (nSPS) is 24.2. The summed E-state index contributed by atoms with van der Waals surface area (Å²) in [5, 5.41) is 7.09. The van der Waals surface area contributed by atoms with E-state index in [2.05, 4.69) is 48.1 Å². The quantitative estimate of drug-likeness (QED) is 0.370. The van der Waals surface area contributed by atoms with E-state index in [1.807, 2.05) is 0 Å². The second-order valence-corrected chi connectivity index (χ2v) is 7.32. The summed E-state index contributed by atoms with van der Waals surface area (Å²) in [5.74, 6) is 1.75. The number of nitrogens with one attached hydrogen (secondary N) is 2. The first-order valence-corrected chi connectivity index (χ1v) is 9.63. The number of nitrogens with zero attached hydrogens (tertiary/aromatic N) is 3. The van der Waals surface area contributed by atoms with E-state index in [1.165, 1.54) is 52.0 Å². The van der Waals surface area contributed by atoms with Crippen molar-refractivity contribution in [1.82, 2.24) is 20.4 Å². The molecule has 2 aliphatic rings. The van der Waals surface area contributed by atoms with Crippen LogP contribution in [0.4, 0.5) is 0 Å². The Balaban J connectivity index is 0.00000288. The predicted octanol–water partition coefficient (Wildman–Crippen LogP) is 2.37. The summed E-state index contributed by atoms with van der Waals surface area (Å²) >= 11 is 0. The van der Waals surface area contributed by atoms with Crippen molar-refractivity contribution >= 4 is 29.9 Å². The van der Waals surface area contributed by atoms with Crippen LogP contribution in [0, 0.1) is 5.92 Å². The van der Waals surface area contributed by atoms with Crippen LogP contribution in [0.5, 0.6) is 0 Å². The van der Waals surface area contributed by atoms with Gasteiger partial charge in [-0.25, -0.2) is 0 Å². The lowest BCUT2D eigenvalue weighted by Gasteiger charge is -2.35. The molecule has 0 spiro atoms. The van der Waals surface area contributed by atoms with Crippen LogP contribution in [0.2, 0.25) is 0 Å². The summed E-state index contributed by atoms with van der Waals surface area (Å²) in [6, 6.07) is 1.24. The van der Waals surface area contributed by atoms with Gasteiger partial charge >= 0.3 is 0 Å². The molecule has 2 rings (SSSR count). The molecule has 2 fully saturated rings. The number of hydrogen-bond acceptors (Lipinski definition) is 3. The van der Waals surface area contributed by atoms with Crippen LogP contribution in [0.25, 0.3) is 0 Å². The Labute approximate surface area is 166 Å². The third kappa shape index (κ3) is 7.04. The van der Waals surface area contributed by atoms with Gasteiger partial charge in [0.2, 0.25) is 0 Å². The molecular weight excluding hydrogens is 413 g/mol. The predicted molar refractivity (Wildman–Crippen MR) is 114 cm³/mol. The van der Waals surface area contributed by atoms with Gasteiger partial charge in [0.1, 0.15) is 0 Å². The van der Waals surface area contributed by atoms with E-state index < -0.39 is 0 Å². The molecule has 0 bridgehead atoms. The van der Waals surface area contributed by atoms with Crippen molar-refractivity contribution < 1.29 is 0 Å². The summed E-state index contributed by atoms with van der Waals surface area (Å²) in [6.45, 7) is 16.9. The van der Waals surface area contributed by atoms with E-state index in [9.17, 15) is 0 Å². The molecule has 2 heterocycles. The molecule has 0 amide bonds. The highest BCUT2D eigenvalue weighted by Crippen LogP contribution is 2.16. The minimum Gasteiger partial charge on any atom is -0.357 e. The lowest BCUT2D eigenvalue weighted by molar-refractivity contribution is 0.167. The first kappa shape index (κ1) is 22.0. The van der Waals surface area contributed by atoms with Crippen LogP contribution in [-0.4, -0.2) is 73.7 Å². The summed E-state index contributed by atoms with van der Waals surface area (Å²) in [5.41, 5.74) is 0. The van der Waals surface area contributed by atoms with E-state index in [0.717, 1.165) is 25.0 Å². The maximum Gasteiger partial charge on any atom is 0.191 e. The van der Waals surface area contributed by atoms with Crippen molar-refractivity contribution in [3.05, 3.63) is 0 Å². The van der Waals surface area contributed by atoms with Crippen LogP contribution in [0.3, 0.4) is 0 Å². The molecule has 0 aromatic heterocycles. The van der Waals surface area contributed by atoms with Crippen molar-refractivity contribution in [3.8, 4) is 0 Å². The van der Waals surface area contributed by atoms with Gasteiger partial charge in [-0.2, -0.15) is 0 Å². The van der Waals surface area contributed by atoms with Crippen LogP contribution >= 0.6 is 24.0 Å². The Bertz CT molecular complexity index is 366. The highest BCUT2D eigenvalue weighted by molar-refractivity contribution is 14.0. The Hall–Kier alpha value is -0.0800. The monoisotopic (exact) mass is 451 g/mol. The van der Waals surface area contributed by atoms with Gasteiger partial charge < -0.3 is 20.4 Å². The number of rotatable bonds is 6. The van der Waals surface area contributed by atoms with Gasteiger partial charge in [-0.15, -0.1) is 24.0 Å². The van der Waals surface area contributed by atoms with Gasteiger partial charge in [0.25, 0.3) is 0 Å². The molecule has 142 valence electrons. The minimum absolute atomic E-state index is 0. The summed E-state index contributed by atoms with van der Waals surface area (Å²) in [4.78, 5) is 9.97. The van der Waals surface area contributed by atoms with Gasteiger partial charge in [-0.3, -0.25) is 4.99 Å². The van der Waals surface area contributed by atoms with Gasteiger partial charge in [-0.05, 0) is 59.0 Å². The van der Waals surface area contributed by atoms with Crippen molar-refractivity contribution in [3.63, 3.8) is 0 Å². The third-order valence-corrected chi connectivity index (χ3v) is 5.27. The van der Waals surface area contributed by atoms with Crippen LogP contribution < -0.4 is 10.6 Å². The van der Waals surface area contributed by atoms with Gasteiger partial charge in [0.15, 0.2) is 5.96 Å². The average molecular weight is 451 g/mol. The molecule has 0 aromatic rings. The van der Waals surface area contributed by atoms with Crippen LogP contribution in [-0.2, 0) is 0 Å². The number of piperidine rings is 1. The maximum atomic E-state index is 4.87. The molecule has 0 aromatic carbocycles. The highest BCUT2D eigenvalue weighted by Gasteiger charge is 2.23. The first-order chi connectivity index (χ1) is 11.1. The highest BCUT2D eigenvalue weighted by atomic mass is 127. The van der Waals surface area contributed by atoms with Crippen LogP contribution in [0.1, 0.15) is 47.0 Å². The van der Waals surface area contributed by atoms with Crippen molar-refractivity contribution in [2.75, 3.05) is 45.8 Å². The smallest absolute Gasteiger partial charge is 0.191 e. The molecule has 24 heavy (non-hydrogen) atoms. The Morgan fingerprint density at radius 1 is 1.12 bits per heavy atom. The van der Waals surface area contributed by atoms with Gasteiger partial charge in [0, 0.05) is 44.8 Å². The van der Waals surface area contributed by atoms with Crippen LogP contribution in [0.15, 0.2) is 4.99 Å². The molecule has 2 saturated heterocycles. The fraction of sp³-hybridized carbons (Fsp3) is 0.944. The number of guanidine groups is 1. The number of hydrogen-bond donors (Lipinski definition) is 2. The fourth-order valence-corrected chi connectivity index (χ4v) is 3.64. The molecule has 0 aliphatic carbocycles. The standard InChI is InChI=1S/C18H37N5.HI/c1-5-19-18(20-13-16-7-10-22(6-2)14-16)21-17-8-11-23(12-9-17)15(3)4;/h15-17H,5-14H2,1-4H3,(H2,19,20,21);1H. The topological polar surface area (TPSA) is 42.9 Å². The van der Waals surface area contributed by atoms with E-state index in [4.69, 9.17) is 4.99 Å². The SMILES string of the molecule is CCNC(=NCC1CCN(CC)C1)NC1CCN(C(C)C)CC1.I. The molecular formula is C18H38IN5. The largest absolute Gasteiger partial charge is 0.357 e. The second-order valence-electron chi connectivity index (χ2n) is 7.32. The molecule has 1 unspecified atom stereocenters. The second kappa shape index (κ2) is 11.5. The maximum absolute atomic E-state index is 4.87. The number of halogens is 1. The van der Waals surface area contributed by atoms with Gasteiger partial charge in [0.05, 0.1) is 0 Å². The van der Waals surface area contributed by atoms with Crippen molar-refractivity contribution in [1.29, 1.82) is 0 Å². The molecule has 5 nitrogen and oxygen atoms in total. The van der Waals surface area contributed by atoms with Gasteiger partial charge in [-0.1, -0.05) is 6.92 Å². The van der Waals surface area contributed by atoms with E-state index in [-0.39, 0.29) is 24.0 Å². The summed E-state index contributed by atoms with van der Waals surface area (Å²) in [7, 11) is 0. The number of likely N-dealkylation sites (tertiary alicyclic amines) is 2. The zero-order valence-corrected chi connectivity index (χ0v) is 18.4. The van der Waals surface area contributed by atoms with Crippen molar-refractivity contribution in [2.24, 2.45) is 10.9 Å². The van der Waals surface area contributed by atoms with E-state index in [1.54, 1.807) is 0 Å². The first-order valence-electron chi connectivity index (χ1n) is 9.63. The summed E-state index contributed by atoms with van der Waals surface area (Å²) < 4.78 is 0. The molecule has 0 radical (unpaired) electrons. The Morgan fingerprint density at radius 2 is 1.83 bits per heavy atom. The average Bonchev–Trinajstić information content (AvgIpc) is 3.01. The minimum atomic E-state index is 0. The summed E-state index contributed by atoms with van der Waals surface area (Å²) in [6.07, 6.45) is 3.73. The molecule has 2 aliphatic heterocycles. The molecule has 2 N–H and O–H groups in total. The Kier molecular flexibility index (Phi) is 10.5. The molecule has 1 atom stereocenters. The lowest BCUT2D eigenvalue weighted by atomic mass is 10.0. The van der Waals surface area contributed by atoms with E-state index in [0.29, 0.717) is 12.1 Å². The number of aliphatic imine (C=N–C) groups is 1. The zero-order chi connectivity index (χ0) is 16.7. The van der Waals surface area contributed by atoms with E-state index >= 15 is 0 Å². The fourth-order valence-electron chi connectivity index (χ4n) is 3.64. The van der Waals surface area contributed by atoms with Crippen molar-refractivity contribution in [2.45, 2.75) is 59.0 Å². The lowest BCUT2D eigenvalue weighted by Crippen LogP contribution is -2.50. The Morgan fingerprint density at radius 3 is 2.38 bits per heavy atom.